The first-order valence-corrected chi connectivity index (χ1v) is 6.45. The third-order valence-corrected chi connectivity index (χ3v) is 3.24. The Balaban J connectivity index is 0.00000180. The van der Waals surface area contributed by atoms with E-state index in [-0.39, 0.29) is 30.4 Å². The number of aromatic nitrogens is 1. The Morgan fingerprint density at radius 2 is 1.65 bits per heavy atom. The van der Waals surface area contributed by atoms with Gasteiger partial charge in [0.15, 0.2) is 0 Å². The zero-order valence-electron chi connectivity index (χ0n) is 11.9. The highest BCUT2D eigenvalue weighted by Crippen LogP contribution is 2.24. The fraction of sp³-hybridized carbons (Fsp3) is 0.312. The van der Waals surface area contributed by atoms with Gasteiger partial charge in [0.05, 0.1) is 0 Å². The lowest BCUT2D eigenvalue weighted by atomic mass is 9.87. The SMILES string of the molecule is CCNC(C)(Cc1ccccn1)c1ccccc1.Cl.Cl. The molecule has 0 saturated heterocycles. The summed E-state index contributed by atoms with van der Waals surface area (Å²) in [5.41, 5.74) is 2.35. The summed E-state index contributed by atoms with van der Waals surface area (Å²) < 4.78 is 0. The molecule has 2 nitrogen and oxygen atoms in total. The molecule has 1 aromatic heterocycles. The van der Waals surface area contributed by atoms with Crippen molar-refractivity contribution in [3.05, 3.63) is 66.0 Å². The van der Waals surface area contributed by atoms with Crippen LogP contribution in [-0.2, 0) is 12.0 Å². The second-order valence-electron chi connectivity index (χ2n) is 4.73. The molecule has 0 radical (unpaired) electrons. The van der Waals surface area contributed by atoms with Gasteiger partial charge in [0, 0.05) is 23.9 Å². The van der Waals surface area contributed by atoms with E-state index in [4.69, 9.17) is 0 Å². The van der Waals surface area contributed by atoms with Gasteiger partial charge in [-0.3, -0.25) is 4.98 Å². The molecule has 2 aromatic rings. The normalized spacial score (nSPS) is 12.7. The molecule has 1 atom stereocenters. The lowest BCUT2D eigenvalue weighted by molar-refractivity contribution is 0.369. The summed E-state index contributed by atoms with van der Waals surface area (Å²) in [5.74, 6) is 0. The van der Waals surface area contributed by atoms with Crippen LogP contribution in [0.25, 0.3) is 0 Å². The van der Waals surface area contributed by atoms with Gasteiger partial charge < -0.3 is 5.32 Å². The van der Waals surface area contributed by atoms with Crippen molar-refractivity contribution in [1.82, 2.24) is 10.3 Å². The Morgan fingerprint density at radius 3 is 2.20 bits per heavy atom. The van der Waals surface area contributed by atoms with Crippen LogP contribution in [0.4, 0.5) is 0 Å². The maximum Gasteiger partial charge on any atom is 0.0461 e. The number of rotatable bonds is 5. The van der Waals surface area contributed by atoms with Crippen LogP contribution in [0.15, 0.2) is 54.7 Å². The van der Waals surface area contributed by atoms with Crippen LogP contribution >= 0.6 is 24.8 Å². The average Bonchev–Trinajstić information content (AvgIpc) is 2.41. The van der Waals surface area contributed by atoms with Crippen molar-refractivity contribution < 1.29 is 0 Å². The molecular formula is C16H22Cl2N2. The zero-order chi connectivity index (χ0) is 12.8. The second kappa shape index (κ2) is 8.96. The molecule has 1 aromatic carbocycles. The van der Waals surface area contributed by atoms with Crippen LogP contribution in [0.5, 0.6) is 0 Å². The predicted octanol–water partition coefficient (Wildman–Crippen LogP) is 3.99. The van der Waals surface area contributed by atoms with Gasteiger partial charge in [0.25, 0.3) is 0 Å². The Hall–Kier alpha value is -1.09. The van der Waals surface area contributed by atoms with Gasteiger partial charge in [-0.25, -0.2) is 0 Å². The van der Waals surface area contributed by atoms with Crippen molar-refractivity contribution in [2.45, 2.75) is 25.8 Å². The molecule has 0 amide bonds. The molecule has 1 N–H and O–H groups in total. The third-order valence-electron chi connectivity index (χ3n) is 3.24. The Bertz CT molecular complexity index is 476. The summed E-state index contributed by atoms with van der Waals surface area (Å²) in [6.07, 6.45) is 2.75. The molecule has 0 spiro atoms. The van der Waals surface area contributed by atoms with E-state index in [9.17, 15) is 0 Å². The number of hydrogen-bond donors (Lipinski definition) is 1. The molecule has 0 saturated carbocycles. The number of nitrogens with one attached hydrogen (secondary N) is 1. The fourth-order valence-electron chi connectivity index (χ4n) is 2.33. The zero-order valence-corrected chi connectivity index (χ0v) is 13.5. The number of hydrogen-bond acceptors (Lipinski definition) is 2. The van der Waals surface area contributed by atoms with Crippen LogP contribution in [0.2, 0.25) is 0 Å². The molecule has 20 heavy (non-hydrogen) atoms. The summed E-state index contributed by atoms with van der Waals surface area (Å²) >= 11 is 0. The van der Waals surface area contributed by atoms with Gasteiger partial charge in [-0.15, -0.1) is 24.8 Å². The maximum absolute atomic E-state index is 4.43. The molecule has 1 unspecified atom stereocenters. The van der Waals surface area contributed by atoms with E-state index in [0.717, 1.165) is 18.7 Å². The summed E-state index contributed by atoms with van der Waals surface area (Å²) in [7, 11) is 0. The van der Waals surface area contributed by atoms with Gasteiger partial charge in [-0.1, -0.05) is 43.3 Å². The highest BCUT2D eigenvalue weighted by molar-refractivity contribution is 5.85. The summed E-state index contributed by atoms with van der Waals surface area (Å²) in [4.78, 5) is 4.43. The van der Waals surface area contributed by atoms with E-state index < -0.39 is 0 Å². The minimum atomic E-state index is -0.0651. The summed E-state index contributed by atoms with van der Waals surface area (Å²) in [5, 5.41) is 3.58. The van der Waals surface area contributed by atoms with Crippen LogP contribution in [0.3, 0.4) is 0 Å². The number of likely N-dealkylation sites (N-methyl/N-ethyl adjacent to an activating group) is 1. The minimum Gasteiger partial charge on any atom is -0.308 e. The van der Waals surface area contributed by atoms with Crippen molar-refractivity contribution in [1.29, 1.82) is 0 Å². The van der Waals surface area contributed by atoms with E-state index in [0.29, 0.717) is 0 Å². The molecule has 0 aliphatic heterocycles. The molecule has 0 bridgehead atoms. The number of halogens is 2. The molecule has 1 heterocycles. The van der Waals surface area contributed by atoms with E-state index in [1.54, 1.807) is 0 Å². The Kier molecular flexibility index (Phi) is 8.47. The van der Waals surface area contributed by atoms with Crippen LogP contribution < -0.4 is 5.32 Å². The van der Waals surface area contributed by atoms with Crippen molar-refractivity contribution >= 4 is 24.8 Å². The van der Waals surface area contributed by atoms with Gasteiger partial charge in [0.1, 0.15) is 0 Å². The summed E-state index contributed by atoms with van der Waals surface area (Å²) in [6.45, 7) is 5.32. The number of nitrogens with zero attached hydrogens (tertiary/aromatic N) is 1. The minimum absolute atomic E-state index is 0. The molecule has 2 rings (SSSR count). The van der Waals surface area contributed by atoms with Crippen LogP contribution in [0, 0.1) is 0 Å². The molecule has 110 valence electrons. The van der Waals surface area contributed by atoms with Gasteiger partial charge in [-0.05, 0) is 31.2 Å². The van der Waals surface area contributed by atoms with E-state index >= 15 is 0 Å². The Labute approximate surface area is 133 Å². The smallest absolute Gasteiger partial charge is 0.0461 e. The molecule has 0 fully saturated rings. The maximum atomic E-state index is 4.43. The van der Waals surface area contributed by atoms with Crippen molar-refractivity contribution in [2.24, 2.45) is 0 Å². The Morgan fingerprint density at radius 1 is 1.00 bits per heavy atom. The first-order chi connectivity index (χ1) is 8.74. The van der Waals surface area contributed by atoms with Crippen LogP contribution in [0.1, 0.15) is 25.1 Å². The van der Waals surface area contributed by atoms with Crippen LogP contribution in [-0.4, -0.2) is 11.5 Å². The molecular weight excluding hydrogens is 291 g/mol. The molecule has 4 heteroatoms. The highest BCUT2D eigenvalue weighted by atomic mass is 35.5. The summed E-state index contributed by atoms with van der Waals surface area (Å²) in [6, 6.07) is 16.6. The fourth-order valence-corrected chi connectivity index (χ4v) is 2.33. The first-order valence-electron chi connectivity index (χ1n) is 6.45. The number of benzene rings is 1. The second-order valence-corrected chi connectivity index (χ2v) is 4.73. The third kappa shape index (κ3) is 4.78. The van der Waals surface area contributed by atoms with Crippen molar-refractivity contribution in [3.8, 4) is 0 Å². The van der Waals surface area contributed by atoms with Crippen molar-refractivity contribution in [2.75, 3.05) is 6.54 Å². The highest BCUT2D eigenvalue weighted by Gasteiger charge is 2.25. The number of pyridine rings is 1. The largest absolute Gasteiger partial charge is 0.308 e. The van der Waals surface area contributed by atoms with E-state index in [1.165, 1.54) is 5.56 Å². The van der Waals surface area contributed by atoms with Gasteiger partial charge in [-0.2, -0.15) is 0 Å². The van der Waals surface area contributed by atoms with Gasteiger partial charge >= 0.3 is 0 Å². The van der Waals surface area contributed by atoms with E-state index in [1.807, 2.05) is 18.3 Å². The lowest BCUT2D eigenvalue weighted by Gasteiger charge is -2.31. The van der Waals surface area contributed by atoms with Gasteiger partial charge in [0.2, 0.25) is 0 Å². The predicted molar refractivity (Wildman–Crippen MR) is 89.9 cm³/mol. The quantitative estimate of drug-likeness (QED) is 0.903. The first kappa shape index (κ1) is 18.9. The molecule has 0 aliphatic carbocycles. The van der Waals surface area contributed by atoms with E-state index in [2.05, 4.69) is 60.5 Å². The average molecular weight is 313 g/mol. The topological polar surface area (TPSA) is 24.9 Å². The molecule has 0 aliphatic rings. The van der Waals surface area contributed by atoms with Crippen molar-refractivity contribution in [3.63, 3.8) is 0 Å². The standard InChI is InChI=1S/C16H20N2.2ClH/c1-3-18-16(2,14-9-5-4-6-10-14)13-15-11-7-8-12-17-15;;/h4-12,18H,3,13H2,1-2H3;2*1H. The monoisotopic (exact) mass is 312 g/mol. The lowest BCUT2D eigenvalue weighted by Crippen LogP contribution is -2.41.